The molecule has 0 spiro atoms. The minimum absolute atomic E-state index is 0.0246. The van der Waals surface area contributed by atoms with Crippen molar-refractivity contribution in [2.75, 3.05) is 13.1 Å². The highest BCUT2D eigenvalue weighted by molar-refractivity contribution is 6.30. The zero-order valence-electron chi connectivity index (χ0n) is 13.1. The molecule has 0 radical (unpaired) electrons. The largest absolute Gasteiger partial charge is 0.347 e. The molecule has 3 aliphatic heterocycles. The number of amides is 3. The summed E-state index contributed by atoms with van der Waals surface area (Å²) >= 11 is 5.91. The van der Waals surface area contributed by atoms with Gasteiger partial charge in [0.25, 0.3) is 5.91 Å². The highest BCUT2D eigenvalue weighted by atomic mass is 35.5. The number of rotatable bonds is 2. The number of hydrogen-bond donors (Lipinski definition) is 1. The third-order valence-corrected chi connectivity index (χ3v) is 5.35. The molecule has 1 aromatic carbocycles. The number of piperazine rings is 1. The number of nitrogens with zero attached hydrogens (tertiary/aromatic N) is 2. The second kappa shape index (κ2) is 5.77. The molecular weight excluding hydrogens is 330 g/mol. The van der Waals surface area contributed by atoms with Gasteiger partial charge >= 0.3 is 0 Å². The highest BCUT2D eigenvalue weighted by Crippen LogP contribution is 2.32. The Kier molecular flexibility index (Phi) is 3.72. The summed E-state index contributed by atoms with van der Waals surface area (Å²) in [6.45, 7) is 1.06. The van der Waals surface area contributed by atoms with Crippen molar-refractivity contribution in [3.8, 4) is 0 Å². The fourth-order valence-electron chi connectivity index (χ4n) is 3.99. The molecule has 3 amide bonds. The predicted molar refractivity (Wildman–Crippen MR) is 87.6 cm³/mol. The second-order valence-electron chi connectivity index (χ2n) is 6.61. The van der Waals surface area contributed by atoms with Gasteiger partial charge in [0.2, 0.25) is 11.8 Å². The van der Waals surface area contributed by atoms with Crippen LogP contribution in [0.4, 0.5) is 0 Å². The molecule has 1 N–H and O–H groups in total. The van der Waals surface area contributed by atoms with Crippen LogP contribution in [0.1, 0.15) is 29.6 Å². The Hall–Kier alpha value is -2.08. The Morgan fingerprint density at radius 1 is 1.17 bits per heavy atom. The second-order valence-corrected chi connectivity index (χ2v) is 7.05. The van der Waals surface area contributed by atoms with E-state index in [4.69, 9.17) is 11.6 Å². The van der Waals surface area contributed by atoms with Gasteiger partial charge in [-0.15, -0.1) is 0 Å². The van der Waals surface area contributed by atoms with Crippen LogP contribution in [0.2, 0.25) is 5.02 Å². The van der Waals surface area contributed by atoms with Gasteiger partial charge in [-0.2, -0.15) is 0 Å². The summed E-state index contributed by atoms with van der Waals surface area (Å²) in [6.07, 6.45) is 2.10. The van der Waals surface area contributed by atoms with E-state index < -0.39 is 6.04 Å². The molecule has 3 heterocycles. The van der Waals surface area contributed by atoms with Crippen molar-refractivity contribution in [3.05, 3.63) is 34.9 Å². The van der Waals surface area contributed by atoms with Gasteiger partial charge in [0.1, 0.15) is 12.1 Å². The van der Waals surface area contributed by atoms with Crippen molar-refractivity contribution < 1.29 is 14.4 Å². The van der Waals surface area contributed by atoms with Gasteiger partial charge in [-0.1, -0.05) is 17.7 Å². The Morgan fingerprint density at radius 2 is 1.96 bits per heavy atom. The van der Waals surface area contributed by atoms with Gasteiger partial charge in [0.15, 0.2) is 0 Å². The lowest BCUT2D eigenvalue weighted by Crippen LogP contribution is -2.60. The lowest BCUT2D eigenvalue weighted by atomic mass is 10.1. The van der Waals surface area contributed by atoms with Crippen LogP contribution in [-0.4, -0.2) is 58.7 Å². The smallest absolute Gasteiger partial charge is 0.251 e. The summed E-state index contributed by atoms with van der Waals surface area (Å²) in [5.41, 5.74) is 0.477. The monoisotopic (exact) mass is 347 g/mol. The van der Waals surface area contributed by atoms with Gasteiger partial charge < -0.3 is 15.1 Å². The highest BCUT2D eigenvalue weighted by Gasteiger charge is 2.51. The number of fused-ring (bicyclic) bond motifs is 2. The first-order chi connectivity index (χ1) is 11.5. The SMILES string of the molecule is O=C(N[C@H]1C[C@H]2C(=O)N3CCC[C@@H]3C(=O)N2C1)c1cccc(Cl)c1. The zero-order valence-corrected chi connectivity index (χ0v) is 13.8. The van der Waals surface area contributed by atoms with Crippen molar-refractivity contribution in [3.63, 3.8) is 0 Å². The molecule has 3 saturated heterocycles. The molecule has 3 atom stereocenters. The molecule has 0 saturated carbocycles. The van der Waals surface area contributed by atoms with E-state index in [9.17, 15) is 14.4 Å². The molecule has 4 rings (SSSR count). The molecule has 3 fully saturated rings. The van der Waals surface area contributed by atoms with E-state index in [0.29, 0.717) is 30.1 Å². The van der Waals surface area contributed by atoms with Crippen LogP contribution in [0.25, 0.3) is 0 Å². The number of benzene rings is 1. The average molecular weight is 348 g/mol. The topological polar surface area (TPSA) is 69.7 Å². The van der Waals surface area contributed by atoms with Gasteiger partial charge in [-0.3, -0.25) is 14.4 Å². The quantitative estimate of drug-likeness (QED) is 0.869. The molecule has 126 valence electrons. The van der Waals surface area contributed by atoms with E-state index in [1.54, 1.807) is 34.1 Å². The summed E-state index contributed by atoms with van der Waals surface area (Å²) in [5.74, 6) is -0.184. The molecule has 3 aliphatic rings. The Balaban J connectivity index is 1.47. The maximum atomic E-state index is 12.6. The first kappa shape index (κ1) is 15.4. The van der Waals surface area contributed by atoms with E-state index in [2.05, 4.69) is 5.32 Å². The number of hydrogen-bond acceptors (Lipinski definition) is 3. The Labute approximate surface area is 144 Å². The summed E-state index contributed by atoms with van der Waals surface area (Å²) in [7, 11) is 0. The fraction of sp³-hybridized carbons (Fsp3) is 0.471. The fourth-order valence-corrected chi connectivity index (χ4v) is 4.18. The molecule has 0 aliphatic carbocycles. The van der Waals surface area contributed by atoms with Crippen LogP contribution in [0.3, 0.4) is 0 Å². The molecule has 0 aromatic heterocycles. The van der Waals surface area contributed by atoms with E-state index in [1.165, 1.54) is 0 Å². The lowest BCUT2D eigenvalue weighted by Gasteiger charge is -2.38. The first-order valence-electron chi connectivity index (χ1n) is 8.22. The van der Waals surface area contributed by atoms with Gasteiger partial charge in [0, 0.05) is 29.7 Å². The Bertz CT molecular complexity index is 693. The summed E-state index contributed by atoms with van der Waals surface area (Å²) in [5, 5.41) is 3.42. The van der Waals surface area contributed by atoms with E-state index >= 15 is 0 Å². The van der Waals surface area contributed by atoms with Crippen LogP contribution in [0, 0.1) is 0 Å². The van der Waals surface area contributed by atoms with Crippen LogP contribution >= 0.6 is 11.6 Å². The van der Waals surface area contributed by atoms with Crippen LogP contribution < -0.4 is 5.32 Å². The van der Waals surface area contributed by atoms with Gasteiger partial charge in [-0.25, -0.2) is 0 Å². The van der Waals surface area contributed by atoms with Crippen molar-refractivity contribution in [1.82, 2.24) is 15.1 Å². The molecule has 6 nitrogen and oxygen atoms in total. The molecule has 0 unspecified atom stereocenters. The number of carbonyl (C=O) groups is 3. The van der Waals surface area contributed by atoms with Crippen LogP contribution in [-0.2, 0) is 9.59 Å². The lowest BCUT2D eigenvalue weighted by molar-refractivity contribution is -0.156. The first-order valence-corrected chi connectivity index (χ1v) is 8.60. The number of halogens is 1. The molecule has 0 bridgehead atoms. The van der Waals surface area contributed by atoms with Crippen molar-refractivity contribution in [1.29, 1.82) is 0 Å². The summed E-state index contributed by atoms with van der Waals surface area (Å²) in [4.78, 5) is 40.9. The van der Waals surface area contributed by atoms with Crippen LogP contribution in [0.15, 0.2) is 24.3 Å². The van der Waals surface area contributed by atoms with Gasteiger partial charge in [0.05, 0.1) is 0 Å². The maximum absolute atomic E-state index is 12.6. The molecule has 1 aromatic rings. The van der Waals surface area contributed by atoms with Crippen molar-refractivity contribution in [2.45, 2.75) is 37.4 Å². The molecule has 24 heavy (non-hydrogen) atoms. The van der Waals surface area contributed by atoms with E-state index in [1.807, 2.05) is 0 Å². The van der Waals surface area contributed by atoms with Crippen LogP contribution in [0.5, 0.6) is 0 Å². The summed E-state index contributed by atoms with van der Waals surface area (Å²) < 4.78 is 0. The average Bonchev–Trinajstić information content (AvgIpc) is 3.20. The van der Waals surface area contributed by atoms with Crippen molar-refractivity contribution >= 4 is 29.3 Å². The number of carbonyl (C=O) groups excluding carboxylic acids is 3. The van der Waals surface area contributed by atoms with E-state index in [0.717, 1.165) is 12.8 Å². The van der Waals surface area contributed by atoms with E-state index in [-0.39, 0.29) is 29.8 Å². The van der Waals surface area contributed by atoms with Crippen molar-refractivity contribution in [2.24, 2.45) is 0 Å². The molecule has 7 heteroatoms. The molecular formula is C17H18ClN3O3. The summed E-state index contributed by atoms with van der Waals surface area (Å²) in [6, 6.07) is 5.78. The number of nitrogens with one attached hydrogen (secondary N) is 1. The third-order valence-electron chi connectivity index (χ3n) is 5.11. The van der Waals surface area contributed by atoms with Gasteiger partial charge in [-0.05, 0) is 37.5 Å². The third kappa shape index (κ3) is 2.45. The normalized spacial score (nSPS) is 28.8. The Morgan fingerprint density at radius 3 is 2.75 bits per heavy atom. The minimum Gasteiger partial charge on any atom is -0.347 e. The minimum atomic E-state index is -0.434. The maximum Gasteiger partial charge on any atom is 0.251 e. The standard InChI is InChI=1S/C17H18ClN3O3/c18-11-4-1-3-10(7-11)15(22)19-12-8-14-17(24)20-6-2-5-13(20)16(23)21(14)9-12/h1,3-4,7,12-14H,2,5-6,8-9H2,(H,19,22)/t12-,13+,14-/m0/s1. The zero-order chi connectivity index (χ0) is 16.8. The predicted octanol–water partition coefficient (Wildman–Crippen LogP) is 1.04.